The molecular formula is C42H59B2CeN14. The molecule has 0 fully saturated rings. The van der Waals surface area contributed by atoms with Crippen molar-refractivity contribution < 1.29 is 41.7 Å². The topological polar surface area (TPSA) is 134 Å². The Kier molecular flexibility index (Phi) is 16.2. The van der Waals surface area contributed by atoms with E-state index < -0.39 is 14.2 Å². The number of benzene rings is 1. The van der Waals surface area contributed by atoms with Crippen molar-refractivity contribution in [2.45, 2.75) is 104 Å². The van der Waals surface area contributed by atoms with Crippen molar-refractivity contribution in [3.8, 4) is 0 Å². The van der Waals surface area contributed by atoms with Gasteiger partial charge in [0.1, 0.15) is 0 Å². The quantitative estimate of drug-likeness (QED) is 0.180. The van der Waals surface area contributed by atoms with Crippen molar-refractivity contribution in [2.24, 2.45) is 0 Å². The number of nitrogens with zero attached hydrogens (tertiary/aromatic N) is 14. The van der Waals surface area contributed by atoms with Gasteiger partial charge in [-0.3, -0.25) is 0 Å². The van der Waals surface area contributed by atoms with Crippen LogP contribution in [-0.2, 0) is 0 Å². The molecule has 59 heavy (non-hydrogen) atoms. The molecule has 0 atom stereocenters. The number of rotatable bonds is 6. The largest absolute Gasteiger partial charge is 3.00 e. The van der Waals surface area contributed by atoms with Crippen LogP contribution in [0.4, 0.5) is 0 Å². The molecule has 14 nitrogen and oxygen atoms in total. The summed E-state index contributed by atoms with van der Waals surface area (Å²) in [6.07, 6.45) is 0. The van der Waals surface area contributed by atoms with Crippen LogP contribution in [0.3, 0.4) is 0 Å². The summed E-state index contributed by atoms with van der Waals surface area (Å²) in [4.78, 5) is 0. The van der Waals surface area contributed by atoms with Crippen LogP contribution in [0.1, 0.15) is 85.3 Å². The molecule has 0 aliphatic carbocycles. The van der Waals surface area contributed by atoms with E-state index >= 15 is 0 Å². The molecule has 1 aromatic carbocycles. The summed E-state index contributed by atoms with van der Waals surface area (Å²) in [6, 6.07) is 24.8. The molecule has 0 spiro atoms. The van der Waals surface area contributed by atoms with E-state index in [-0.39, 0.29) is 41.7 Å². The van der Waals surface area contributed by atoms with Crippen LogP contribution in [0.15, 0.2) is 72.8 Å². The third kappa shape index (κ3) is 11.9. The molecule has 0 aliphatic heterocycles. The fourth-order valence-corrected chi connectivity index (χ4v) is 7.58. The van der Waals surface area contributed by atoms with Gasteiger partial charge in [-0.2, -0.15) is 0 Å². The SMILES string of the molecule is Cc1cc(C)[n-]n1.Cc1cc(C)n([BH-](n2nc(C)cc2C)n2nc(C)cc2C)n1.Cc1cc(C)n([BH-](n2nc(C)cc2C)n2nc(C)cc2C)n1.Cc1ccccc1.[Ce+3]. The number of aromatic nitrogens is 14. The second kappa shape index (κ2) is 20.4. The Labute approximate surface area is 383 Å². The van der Waals surface area contributed by atoms with Gasteiger partial charge in [0.2, 0.25) is 0 Å². The average Bonchev–Trinajstić information content (AvgIpc) is 4.02. The van der Waals surface area contributed by atoms with Gasteiger partial charge in [0, 0.05) is 5.69 Å². The molecule has 7 aromatic heterocycles. The summed E-state index contributed by atoms with van der Waals surface area (Å²) in [6.45, 7) is 30.5. The molecule has 307 valence electrons. The molecule has 0 N–H and O–H groups in total. The predicted molar refractivity (Wildman–Crippen MR) is 235 cm³/mol. The van der Waals surface area contributed by atoms with E-state index in [9.17, 15) is 0 Å². The van der Waals surface area contributed by atoms with Crippen molar-refractivity contribution >= 4 is 14.2 Å². The second-order valence-corrected chi connectivity index (χ2v) is 15.7. The maximum absolute atomic E-state index is 4.70. The van der Waals surface area contributed by atoms with Crippen LogP contribution in [0.5, 0.6) is 0 Å². The van der Waals surface area contributed by atoms with E-state index in [4.69, 9.17) is 30.6 Å². The van der Waals surface area contributed by atoms with Crippen LogP contribution < -0.4 is 5.10 Å². The van der Waals surface area contributed by atoms with Gasteiger partial charge >= 0.3 is 56.0 Å². The summed E-state index contributed by atoms with van der Waals surface area (Å²) in [5.74, 6) is 0. The number of aryl methyl sites for hydroxylation is 15. The van der Waals surface area contributed by atoms with Crippen molar-refractivity contribution in [3.63, 3.8) is 0 Å². The molecular weight excluding hydrogens is 862 g/mol. The van der Waals surface area contributed by atoms with Crippen LogP contribution in [-0.4, -0.2) is 77.5 Å². The molecule has 0 unspecified atom stereocenters. The van der Waals surface area contributed by atoms with E-state index in [1.165, 1.54) is 5.56 Å². The Balaban J connectivity index is 0.000000194. The molecule has 0 saturated heterocycles. The Morgan fingerprint density at radius 2 is 0.610 bits per heavy atom. The molecule has 17 heteroatoms. The second-order valence-electron chi connectivity index (χ2n) is 15.7. The standard InChI is InChI=1S/2C15H22BN6.C7H8.C5H7N2.Ce/c2*1-10-7-13(4)20(17-10)16(21-14(5)8-11(2)18-21)22-15(6)9-12(3)19-22;1-7-5-3-2-4-6-7;1-4-3-5(2)7-6-4;/h2*7-9,16H,1-6H3;2-6H,1H3;3H,1-2H3;/q2*-1;;-1;+3. The number of hydrogen-bond donors (Lipinski definition) is 0. The maximum atomic E-state index is 4.70. The van der Waals surface area contributed by atoms with Gasteiger partial charge in [-0.25, -0.2) is 30.6 Å². The zero-order valence-corrected chi connectivity index (χ0v) is 40.7. The predicted octanol–water partition coefficient (Wildman–Crippen LogP) is 6.23. The monoisotopic (exact) mass is 921 g/mol. The zero-order chi connectivity index (χ0) is 42.4. The summed E-state index contributed by atoms with van der Waals surface area (Å²) in [5, 5.41) is 35.7. The first kappa shape index (κ1) is 46.9. The average molecular weight is 922 g/mol. The first-order chi connectivity index (χ1) is 27.4. The molecule has 0 saturated carbocycles. The van der Waals surface area contributed by atoms with Crippen LogP contribution in [0.2, 0.25) is 0 Å². The summed E-state index contributed by atoms with van der Waals surface area (Å²) >= 11 is 0. The molecule has 7 heterocycles. The first-order valence-corrected chi connectivity index (χ1v) is 19.9. The normalized spacial score (nSPS) is 10.8. The molecule has 0 amide bonds. The minimum absolute atomic E-state index is 0. The van der Waals surface area contributed by atoms with E-state index in [0.29, 0.717) is 0 Å². The van der Waals surface area contributed by atoms with Gasteiger partial charge in [-0.05, 0) is 167 Å². The molecule has 0 aliphatic rings. The maximum Gasteiger partial charge on any atom is 3.00 e. The smallest absolute Gasteiger partial charge is 0.579 e. The zero-order valence-electron chi connectivity index (χ0n) is 37.6. The molecule has 8 rings (SSSR count). The minimum Gasteiger partial charge on any atom is -0.579 e. The van der Waals surface area contributed by atoms with Crippen molar-refractivity contribution in [1.29, 1.82) is 0 Å². The summed E-state index contributed by atoms with van der Waals surface area (Å²) in [7, 11) is -2.52. The van der Waals surface area contributed by atoms with Gasteiger partial charge in [-0.1, -0.05) is 48.9 Å². The van der Waals surface area contributed by atoms with Crippen molar-refractivity contribution in [2.75, 3.05) is 0 Å². The first-order valence-electron chi connectivity index (χ1n) is 19.9. The van der Waals surface area contributed by atoms with Crippen LogP contribution >= 0.6 is 0 Å². The van der Waals surface area contributed by atoms with E-state index in [0.717, 1.165) is 79.7 Å². The van der Waals surface area contributed by atoms with Gasteiger partial charge < -0.3 is 37.8 Å². The molecule has 0 bridgehead atoms. The van der Waals surface area contributed by atoms with Crippen LogP contribution in [0.25, 0.3) is 0 Å². The van der Waals surface area contributed by atoms with Gasteiger partial charge in [0.25, 0.3) is 0 Å². The Bertz CT molecular complexity index is 2190. The molecule has 8 aromatic rings. The van der Waals surface area contributed by atoms with E-state index in [1.807, 2.05) is 79.7 Å². The minimum atomic E-state index is -1.26. The van der Waals surface area contributed by atoms with Crippen LogP contribution in [0, 0.1) is 146 Å². The van der Waals surface area contributed by atoms with Gasteiger partial charge in [-0.15, -0.1) is 5.69 Å². The Hall–Kier alpha value is -4.80. The summed E-state index contributed by atoms with van der Waals surface area (Å²) < 4.78 is 12.4. The van der Waals surface area contributed by atoms with Gasteiger partial charge in [0.05, 0.1) is 34.2 Å². The summed E-state index contributed by atoms with van der Waals surface area (Å²) in [5.41, 5.74) is 16.1. The Morgan fingerprint density at radius 1 is 0.356 bits per heavy atom. The van der Waals surface area contributed by atoms with E-state index in [1.54, 1.807) is 0 Å². The van der Waals surface area contributed by atoms with Crippen molar-refractivity contribution in [1.82, 2.24) is 68.3 Å². The van der Waals surface area contributed by atoms with Crippen molar-refractivity contribution in [3.05, 3.63) is 158 Å². The molecule has 1 radical (unpaired) electrons. The number of hydrogen-bond acceptors (Lipinski definition) is 7. The fraction of sp³-hybridized carbons (Fsp3) is 0.357. The third-order valence-corrected chi connectivity index (χ3v) is 9.95. The third-order valence-electron chi connectivity index (χ3n) is 9.95. The van der Waals surface area contributed by atoms with Gasteiger partial charge in [0.15, 0.2) is 0 Å². The fourth-order valence-electron chi connectivity index (χ4n) is 7.58. The Morgan fingerprint density at radius 3 is 0.729 bits per heavy atom. The van der Waals surface area contributed by atoms with E-state index in [2.05, 4.69) is 135 Å².